The summed E-state index contributed by atoms with van der Waals surface area (Å²) in [7, 11) is 0. The van der Waals surface area contributed by atoms with E-state index in [9.17, 15) is 4.79 Å². The number of rotatable bonds is 5. The van der Waals surface area contributed by atoms with Crippen LogP contribution in [0.1, 0.15) is 23.6 Å². The molecule has 2 aromatic rings. The van der Waals surface area contributed by atoms with Crippen LogP contribution in [0.2, 0.25) is 0 Å². The first-order valence-electron chi connectivity index (χ1n) is 7.60. The molecule has 3 heterocycles. The molecule has 0 spiro atoms. The van der Waals surface area contributed by atoms with E-state index in [4.69, 9.17) is 0 Å². The Morgan fingerprint density at radius 3 is 3.18 bits per heavy atom. The third-order valence-corrected chi connectivity index (χ3v) is 3.75. The fraction of sp³-hybridized carbons (Fsp3) is 0.467. The maximum Gasteiger partial charge on any atom is 0.220 e. The van der Waals surface area contributed by atoms with Gasteiger partial charge in [0.15, 0.2) is 5.82 Å². The number of hydrogen-bond acceptors (Lipinski definition) is 5. The van der Waals surface area contributed by atoms with Crippen LogP contribution in [0.25, 0.3) is 0 Å². The lowest BCUT2D eigenvalue weighted by Crippen LogP contribution is -2.26. The van der Waals surface area contributed by atoms with Crippen molar-refractivity contribution in [2.45, 2.75) is 32.4 Å². The summed E-state index contributed by atoms with van der Waals surface area (Å²) in [5, 5.41) is 14.6. The average Bonchev–Trinajstić information content (AvgIpc) is 2.78. The van der Waals surface area contributed by atoms with Crippen LogP contribution in [0.3, 0.4) is 0 Å². The Morgan fingerprint density at radius 1 is 1.36 bits per heavy atom. The van der Waals surface area contributed by atoms with Crippen molar-refractivity contribution in [2.24, 2.45) is 0 Å². The predicted molar refractivity (Wildman–Crippen MR) is 81.0 cm³/mol. The smallest absolute Gasteiger partial charge is 0.220 e. The summed E-state index contributed by atoms with van der Waals surface area (Å²) < 4.78 is 2.10. The molecule has 1 aliphatic heterocycles. The molecule has 3 rings (SSSR count). The zero-order chi connectivity index (χ0) is 15.2. The molecule has 0 radical (unpaired) electrons. The Balaban J connectivity index is 1.50. The summed E-state index contributed by atoms with van der Waals surface area (Å²) in [6, 6.07) is 3.86. The number of amides is 1. The monoisotopic (exact) mass is 300 g/mol. The van der Waals surface area contributed by atoms with Crippen molar-refractivity contribution in [3.05, 3.63) is 41.7 Å². The van der Waals surface area contributed by atoms with E-state index in [1.54, 1.807) is 12.4 Å². The highest BCUT2D eigenvalue weighted by atomic mass is 16.1. The van der Waals surface area contributed by atoms with Crippen LogP contribution in [0.5, 0.6) is 0 Å². The van der Waals surface area contributed by atoms with Crippen LogP contribution in [0.15, 0.2) is 24.5 Å². The Hall–Kier alpha value is -2.28. The first kappa shape index (κ1) is 14.6. The molecule has 2 aromatic heterocycles. The van der Waals surface area contributed by atoms with Crippen LogP contribution < -0.4 is 10.6 Å². The molecule has 1 amide bonds. The Morgan fingerprint density at radius 2 is 2.32 bits per heavy atom. The van der Waals surface area contributed by atoms with Crippen molar-refractivity contribution in [3.8, 4) is 0 Å². The summed E-state index contributed by atoms with van der Waals surface area (Å²) in [5.74, 6) is 1.84. The third kappa shape index (κ3) is 3.67. The van der Waals surface area contributed by atoms with E-state index in [1.165, 1.54) is 0 Å². The number of carbonyl (C=O) groups excluding carboxylic acids is 1. The third-order valence-electron chi connectivity index (χ3n) is 3.75. The van der Waals surface area contributed by atoms with Crippen LogP contribution >= 0.6 is 0 Å². The highest BCUT2D eigenvalue weighted by Gasteiger charge is 2.14. The molecule has 7 heteroatoms. The van der Waals surface area contributed by atoms with Crippen molar-refractivity contribution in [2.75, 3.05) is 13.1 Å². The molecular formula is C15H20N6O. The van der Waals surface area contributed by atoms with Gasteiger partial charge in [0.25, 0.3) is 0 Å². The number of aromatic nitrogens is 4. The molecule has 2 N–H and O–H groups in total. The van der Waals surface area contributed by atoms with Crippen molar-refractivity contribution in [1.82, 2.24) is 30.4 Å². The standard InChI is InChI=1S/C15H20N6O/c22-15(4-3-12-2-1-6-17-10-12)18-11-14-20-19-13-5-7-16-8-9-21(13)14/h1-2,6,10,16H,3-5,7-9,11H2,(H,18,22). The summed E-state index contributed by atoms with van der Waals surface area (Å²) in [6.45, 7) is 3.12. The Bertz CT molecular complexity index is 624. The summed E-state index contributed by atoms with van der Waals surface area (Å²) >= 11 is 0. The molecule has 0 saturated carbocycles. The Labute approximate surface area is 129 Å². The number of pyridine rings is 1. The molecule has 116 valence electrons. The van der Waals surface area contributed by atoms with Crippen molar-refractivity contribution < 1.29 is 4.79 Å². The van der Waals surface area contributed by atoms with Gasteiger partial charge in [-0.1, -0.05) is 6.07 Å². The maximum atomic E-state index is 11.9. The van der Waals surface area contributed by atoms with Crippen LogP contribution in [-0.2, 0) is 30.7 Å². The van der Waals surface area contributed by atoms with Crippen LogP contribution in [0, 0.1) is 0 Å². The van der Waals surface area contributed by atoms with E-state index in [0.717, 1.165) is 43.3 Å². The summed E-state index contributed by atoms with van der Waals surface area (Å²) in [4.78, 5) is 16.0. The number of fused-ring (bicyclic) bond motifs is 1. The van der Waals surface area contributed by atoms with Crippen molar-refractivity contribution in [1.29, 1.82) is 0 Å². The number of aryl methyl sites for hydroxylation is 1. The molecule has 7 nitrogen and oxygen atoms in total. The SMILES string of the molecule is O=C(CCc1cccnc1)NCc1nnc2n1CCNCC2. The number of nitrogens with zero attached hydrogens (tertiary/aromatic N) is 4. The minimum atomic E-state index is 0.0213. The molecule has 1 aliphatic rings. The van der Waals surface area contributed by atoms with Gasteiger partial charge in [0.05, 0.1) is 6.54 Å². The fourth-order valence-corrected chi connectivity index (χ4v) is 2.53. The van der Waals surface area contributed by atoms with Gasteiger partial charge in [0.2, 0.25) is 5.91 Å². The zero-order valence-electron chi connectivity index (χ0n) is 12.5. The molecule has 0 saturated heterocycles. The van der Waals surface area contributed by atoms with Crippen molar-refractivity contribution in [3.63, 3.8) is 0 Å². The molecule has 0 fully saturated rings. The number of nitrogens with one attached hydrogen (secondary N) is 2. The molecule has 0 unspecified atom stereocenters. The van der Waals surface area contributed by atoms with Gasteiger partial charge in [-0.15, -0.1) is 10.2 Å². The fourth-order valence-electron chi connectivity index (χ4n) is 2.53. The highest BCUT2D eigenvalue weighted by molar-refractivity contribution is 5.76. The molecular weight excluding hydrogens is 280 g/mol. The summed E-state index contributed by atoms with van der Waals surface area (Å²) in [6.07, 6.45) is 5.55. The average molecular weight is 300 g/mol. The van der Waals surface area contributed by atoms with E-state index in [-0.39, 0.29) is 5.91 Å². The topological polar surface area (TPSA) is 84.7 Å². The van der Waals surface area contributed by atoms with Crippen LogP contribution in [0.4, 0.5) is 0 Å². The minimum Gasteiger partial charge on any atom is -0.349 e. The van der Waals surface area contributed by atoms with Gasteiger partial charge in [0.1, 0.15) is 5.82 Å². The minimum absolute atomic E-state index is 0.0213. The van der Waals surface area contributed by atoms with E-state index >= 15 is 0 Å². The second-order valence-corrected chi connectivity index (χ2v) is 5.32. The quantitative estimate of drug-likeness (QED) is 0.816. The lowest BCUT2D eigenvalue weighted by molar-refractivity contribution is -0.121. The highest BCUT2D eigenvalue weighted by Crippen LogP contribution is 2.05. The van der Waals surface area contributed by atoms with Gasteiger partial charge in [-0.05, 0) is 18.1 Å². The lowest BCUT2D eigenvalue weighted by Gasteiger charge is -2.08. The molecule has 0 aliphatic carbocycles. The number of carbonyl (C=O) groups is 1. The van der Waals surface area contributed by atoms with Gasteiger partial charge >= 0.3 is 0 Å². The number of hydrogen-bond donors (Lipinski definition) is 2. The second kappa shape index (κ2) is 7.13. The van der Waals surface area contributed by atoms with Gasteiger partial charge in [-0.2, -0.15) is 0 Å². The van der Waals surface area contributed by atoms with E-state index in [2.05, 4.69) is 30.4 Å². The molecule has 0 aromatic carbocycles. The molecule has 0 bridgehead atoms. The Kier molecular flexibility index (Phi) is 4.75. The molecule has 22 heavy (non-hydrogen) atoms. The maximum absolute atomic E-state index is 11.9. The predicted octanol–water partition coefficient (Wildman–Crippen LogP) is 0.0678. The van der Waals surface area contributed by atoms with Gasteiger partial charge in [-0.25, -0.2) is 0 Å². The lowest BCUT2D eigenvalue weighted by atomic mass is 10.1. The van der Waals surface area contributed by atoms with E-state index < -0.39 is 0 Å². The zero-order valence-corrected chi connectivity index (χ0v) is 12.5. The van der Waals surface area contributed by atoms with E-state index in [1.807, 2.05) is 12.1 Å². The van der Waals surface area contributed by atoms with E-state index in [0.29, 0.717) is 19.4 Å². The van der Waals surface area contributed by atoms with Crippen molar-refractivity contribution >= 4 is 5.91 Å². The second-order valence-electron chi connectivity index (χ2n) is 5.32. The first-order valence-corrected chi connectivity index (χ1v) is 7.60. The largest absolute Gasteiger partial charge is 0.349 e. The summed E-state index contributed by atoms with van der Waals surface area (Å²) in [5.41, 5.74) is 1.07. The normalized spacial score (nSPS) is 14.2. The van der Waals surface area contributed by atoms with Gasteiger partial charge in [0, 0.05) is 44.9 Å². The van der Waals surface area contributed by atoms with Crippen LogP contribution in [-0.4, -0.2) is 38.7 Å². The first-order chi connectivity index (χ1) is 10.8. The molecule has 0 atom stereocenters. The van der Waals surface area contributed by atoms with Gasteiger partial charge in [-0.3, -0.25) is 9.78 Å². The van der Waals surface area contributed by atoms with Gasteiger partial charge < -0.3 is 15.2 Å².